The topological polar surface area (TPSA) is 117 Å². The number of hydrogen-bond acceptors (Lipinski definition) is 7. The number of esters is 1. The Morgan fingerprint density at radius 3 is 2.53 bits per heavy atom. The largest absolute Gasteiger partial charge is 0.494 e. The third kappa shape index (κ3) is 4.82. The van der Waals surface area contributed by atoms with Crippen LogP contribution < -0.4 is 15.2 Å². The first-order valence-corrected chi connectivity index (χ1v) is 10.9. The Balaban J connectivity index is 1.84. The first-order chi connectivity index (χ1) is 14.3. The van der Waals surface area contributed by atoms with Crippen LogP contribution in [-0.2, 0) is 26.1 Å². The molecular weight excluding hydrogens is 412 g/mol. The zero-order valence-electron chi connectivity index (χ0n) is 16.6. The van der Waals surface area contributed by atoms with E-state index in [1.165, 1.54) is 18.2 Å². The molecular formula is C20H22N2O7S. The molecule has 3 aromatic rings. The van der Waals surface area contributed by atoms with Crippen molar-refractivity contribution in [2.24, 2.45) is 0 Å². The molecule has 0 amide bonds. The number of sulfonamides is 1. The first-order valence-electron chi connectivity index (χ1n) is 9.38. The average molecular weight is 434 g/mol. The smallest absolute Gasteiger partial charge is 0.420 e. The number of nitrogens with one attached hydrogen (secondary N) is 1. The van der Waals surface area contributed by atoms with Crippen LogP contribution in [0.15, 0.2) is 56.6 Å². The Morgan fingerprint density at radius 2 is 1.87 bits per heavy atom. The molecule has 0 saturated heterocycles. The molecule has 9 nitrogen and oxygen atoms in total. The molecule has 1 aromatic heterocycles. The van der Waals surface area contributed by atoms with Crippen molar-refractivity contribution in [3.63, 3.8) is 0 Å². The lowest BCUT2D eigenvalue weighted by Crippen LogP contribution is -2.21. The Hall–Kier alpha value is -3.27. The lowest BCUT2D eigenvalue weighted by Gasteiger charge is -2.09. The Kier molecular flexibility index (Phi) is 6.46. The van der Waals surface area contributed by atoms with Crippen LogP contribution in [0.5, 0.6) is 5.75 Å². The Bertz CT molecular complexity index is 1190. The zero-order valence-corrected chi connectivity index (χ0v) is 17.4. The highest BCUT2D eigenvalue weighted by Crippen LogP contribution is 2.22. The SMILES string of the molecule is CCCOC(=O)Cn1c(=O)oc2cc(S(=O)(=O)Nc3ccc(OCC)cc3)ccc21. The number of hydrogen-bond donors (Lipinski definition) is 1. The molecule has 0 saturated carbocycles. The summed E-state index contributed by atoms with van der Waals surface area (Å²) >= 11 is 0. The second-order valence-electron chi connectivity index (χ2n) is 6.37. The van der Waals surface area contributed by atoms with Crippen molar-refractivity contribution in [1.82, 2.24) is 4.57 Å². The van der Waals surface area contributed by atoms with Crippen molar-refractivity contribution in [1.29, 1.82) is 0 Å². The highest BCUT2D eigenvalue weighted by atomic mass is 32.2. The number of carbonyl (C=O) groups excluding carboxylic acids is 1. The van der Waals surface area contributed by atoms with Crippen molar-refractivity contribution in [3.05, 3.63) is 53.0 Å². The average Bonchev–Trinajstić information content (AvgIpc) is 3.02. The molecule has 0 radical (unpaired) electrons. The number of rotatable bonds is 9. The van der Waals surface area contributed by atoms with Gasteiger partial charge in [0.2, 0.25) is 0 Å². The molecule has 0 aliphatic heterocycles. The fourth-order valence-electron chi connectivity index (χ4n) is 2.75. The second kappa shape index (κ2) is 9.04. The summed E-state index contributed by atoms with van der Waals surface area (Å²) in [5.41, 5.74) is 0.711. The highest BCUT2D eigenvalue weighted by molar-refractivity contribution is 7.92. The van der Waals surface area contributed by atoms with Gasteiger partial charge in [0.15, 0.2) is 5.58 Å². The lowest BCUT2D eigenvalue weighted by molar-refractivity contribution is -0.144. The van der Waals surface area contributed by atoms with Crippen molar-refractivity contribution in [2.45, 2.75) is 31.7 Å². The summed E-state index contributed by atoms with van der Waals surface area (Å²) in [6, 6.07) is 10.5. The second-order valence-corrected chi connectivity index (χ2v) is 8.05. The molecule has 0 bridgehead atoms. The van der Waals surface area contributed by atoms with E-state index in [4.69, 9.17) is 13.9 Å². The number of oxazole rings is 1. The normalized spacial score (nSPS) is 11.4. The van der Waals surface area contributed by atoms with Crippen molar-refractivity contribution in [2.75, 3.05) is 17.9 Å². The quantitative estimate of drug-likeness (QED) is 0.515. The summed E-state index contributed by atoms with van der Waals surface area (Å²) in [4.78, 5) is 23.8. The molecule has 10 heteroatoms. The van der Waals surface area contributed by atoms with E-state index < -0.39 is 21.7 Å². The van der Waals surface area contributed by atoms with Gasteiger partial charge in [-0.15, -0.1) is 0 Å². The minimum absolute atomic E-state index is 0.0536. The number of ether oxygens (including phenoxy) is 2. The van der Waals surface area contributed by atoms with Gasteiger partial charge in [0, 0.05) is 11.8 Å². The summed E-state index contributed by atoms with van der Waals surface area (Å²) < 4.78 is 44.4. The predicted molar refractivity (Wildman–Crippen MR) is 110 cm³/mol. The van der Waals surface area contributed by atoms with Crippen LogP contribution in [0.1, 0.15) is 20.3 Å². The van der Waals surface area contributed by atoms with E-state index in [2.05, 4.69) is 4.72 Å². The molecule has 2 aromatic carbocycles. The standard InChI is InChI=1S/C20H22N2O7S/c1-3-11-28-19(23)13-22-17-10-9-16(12-18(17)29-20(22)24)30(25,26)21-14-5-7-15(8-6-14)27-4-2/h5-10,12,21H,3-4,11,13H2,1-2H3. The van der Waals surface area contributed by atoms with Gasteiger partial charge in [0.1, 0.15) is 12.3 Å². The minimum Gasteiger partial charge on any atom is -0.494 e. The van der Waals surface area contributed by atoms with Gasteiger partial charge in [0.05, 0.1) is 23.6 Å². The molecule has 0 unspecified atom stereocenters. The highest BCUT2D eigenvalue weighted by Gasteiger charge is 2.19. The molecule has 0 fully saturated rings. The number of benzene rings is 2. The number of anilines is 1. The summed E-state index contributed by atoms with van der Waals surface area (Å²) in [6.07, 6.45) is 0.662. The van der Waals surface area contributed by atoms with E-state index in [9.17, 15) is 18.0 Å². The molecule has 0 atom stereocenters. The maximum absolute atomic E-state index is 12.7. The van der Waals surface area contributed by atoms with Crippen LogP contribution in [0.3, 0.4) is 0 Å². The third-order valence-corrected chi connectivity index (χ3v) is 5.50. The van der Waals surface area contributed by atoms with E-state index in [0.29, 0.717) is 30.0 Å². The van der Waals surface area contributed by atoms with Crippen molar-refractivity contribution in [3.8, 4) is 5.75 Å². The van der Waals surface area contributed by atoms with Gasteiger partial charge in [-0.1, -0.05) is 6.92 Å². The Morgan fingerprint density at radius 1 is 1.13 bits per heavy atom. The van der Waals surface area contributed by atoms with Crippen LogP contribution >= 0.6 is 0 Å². The molecule has 1 N–H and O–H groups in total. The molecule has 0 aliphatic carbocycles. The van der Waals surface area contributed by atoms with Gasteiger partial charge in [-0.25, -0.2) is 13.2 Å². The molecule has 160 valence electrons. The van der Waals surface area contributed by atoms with E-state index in [-0.39, 0.29) is 23.6 Å². The fraction of sp³-hybridized carbons (Fsp3) is 0.300. The zero-order chi connectivity index (χ0) is 21.7. The number of carbonyl (C=O) groups is 1. The van der Waals surface area contributed by atoms with Crippen LogP contribution in [0.2, 0.25) is 0 Å². The summed E-state index contributed by atoms with van der Waals surface area (Å²) in [5, 5.41) is 0. The predicted octanol–water partition coefficient (Wildman–Crippen LogP) is 2.75. The van der Waals surface area contributed by atoms with Gasteiger partial charge in [-0.2, -0.15) is 0 Å². The summed E-state index contributed by atoms with van der Waals surface area (Å²) in [7, 11) is -3.92. The van der Waals surface area contributed by atoms with Crippen LogP contribution in [0.4, 0.5) is 5.69 Å². The minimum atomic E-state index is -3.92. The summed E-state index contributed by atoms with van der Waals surface area (Å²) in [6.45, 7) is 4.15. The number of nitrogens with zero attached hydrogens (tertiary/aromatic N) is 1. The van der Waals surface area contributed by atoms with Gasteiger partial charge in [-0.3, -0.25) is 14.1 Å². The molecule has 30 heavy (non-hydrogen) atoms. The van der Waals surface area contributed by atoms with E-state index >= 15 is 0 Å². The van der Waals surface area contributed by atoms with Gasteiger partial charge in [-0.05, 0) is 49.7 Å². The molecule has 1 heterocycles. The van der Waals surface area contributed by atoms with Crippen LogP contribution in [0.25, 0.3) is 11.1 Å². The number of aromatic nitrogens is 1. The van der Waals surface area contributed by atoms with Crippen LogP contribution in [-0.4, -0.2) is 32.2 Å². The van der Waals surface area contributed by atoms with E-state index in [1.54, 1.807) is 24.3 Å². The number of fused-ring (bicyclic) bond motifs is 1. The maximum Gasteiger partial charge on any atom is 0.420 e. The van der Waals surface area contributed by atoms with Crippen molar-refractivity contribution < 1.29 is 27.1 Å². The van der Waals surface area contributed by atoms with E-state index in [0.717, 1.165) is 4.57 Å². The molecule has 0 spiro atoms. The lowest BCUT2D eigenvalue weighted by atomic mass is 10.3. The summed E-state index contributed by atoms with van der Waals surface area (Å²) in [5.74, 6) is -0.717. The van der Waals surface area contributed by atoms with Gasteiger partial charge >= 0.3 is 11.7 Å². The molecule has 3 rings (SSSR count). The van der Waals surface area contributed by atoms with Gasteiger partial charge < -0.3 is 13.9 Å². The van der Waals surface area contributed by atoms with Gasteiger partial charge in [0.25, 0.3) is 10.0 Å². The Labute approximate surface area is 173 Å². The van der Waals surface area contributed by atoms with E-state index in [1.807, 2.05) is 13.8 Å². The maximum atomic E-state index is 12.7. The molecule has 0 aliphatic rings. The van der Waals surface area contributed by atoms with Crippen LogP contribution in [0, 0.1) is 0 Å². The fourth-order valence-corrected chi connectivity index (χ4v) is 3.83. The first kappa shape index (κ1) is 21.4. The third-order valence-electron chi connectivity index (χ3n) is 4.12. The van der Waals surface area contributed by atoms with Crippen molar-refractivity contribution >= 4 is 32.8 Å². The monoisotopic (exact) mass is 434 g/mol.